The third-order valence-corrected chi connectivity index (χ3v) is 5.07. The van der Waals surface area contributed by atoms with Crippen LogP contribution in [0, 0.1) is 19.8 Å². The lowest BCUT2D eigenvalue weighted by Crippen LogP contribution is -2.37. The standard InChI is InChI=1S/C22H29NO/c1-18-8-9-22(19(2)16-18)24-15-14-23-12-10-21(11-13-23)17-20-6-4-3-5-7-20/h3-9,16,21H,10-15,17H2,1-2H3. The van der Waals surface area contributed by atoms with Gasteiger partial charge in [-0.05, 0) is 69.3 Å². The van der Waals surface area contributed by atoms with Crippen molar-refractivity contribution < 1.29 is 4.74 Å². The van der Waals surface area contributed by atoms with Crippen molar-refractivity contribution in [3.63, 3.8) is 0 Å². The second-order valence-electron chi connectivity index (χ2n) is 7.09. The first-order chi connectivity index (χ1) is 11.7. The van der Waals surface area contributed by atoms with Gasteiger partial charge < -0.3 is 4.74 Å². The van der Waals surface area contributed by atoms with E-state index in [2.05, 4.69) is 67.3 Å². The number of aryl methyl sites for hydroxylation is 2. The Morgan fingerprint density at radius 1 is 1.00 bits per heavy atom. The minimum atomic E-state index is 0.785. The van der Waals surface area contributed by atoms with Crippen LogP contribution in [0.3, 0.4) is 0 Å². The van der Waals surface area contributed by atoms with Gasteiger partial charge in [0.2, 0.25) is 0 Å². The van der Waals surface area contributed by atoms with E-state index in [1.54, 1.807) is 0 Å². The second-order valence-corrected chi connectivity index (χ2v) is 7.09. The van der Waals surface area contributed by atoms with Crippen molar-refractivity contribution in [1.29, 1.82) is 0 Å². The smallest absolute Gasteiger partial charge is 0.122 e. The van der Waals surface area contributed by atoms with E-state index in [9.17, 15) is 0 Å². The number of benzene rings is 2. The van der Waals surface area contributed by atoms with E-state index in [1.165, 1.54) is 49.0 Å². The highest BCUT2D eigenvalue weighted by Crippen LogP contribution is 2.22. The zero-order valence-corrected chi connectivity index (χ0v) is 15.0. The lowest BCUT2D eigenvalue weighted by molar-refractivity contribution is 0.154. The Morgan fingerprint density at radius 2 is 1.75 bits per heavy atom. The zero-order valence-electron chi connectivity index (χ0n) is 15.0. The molecule has 1 aliphatic heterocycles. The van der Waals surface area contributed by atoms with E-state index < -0.39 is 0 Å². The fourth-order valence-electron chi connectivity index (χ4n) is 3.61. The summed E-state index contributed by atoms with van der Waals surface area (Å²) in [6, 6.07) is 17.3. The van der Waals surface area contributed by atoms with Crippen molar-refractivity contribution in [2.75, 3.05) is 26.2 Å². The lowest BCUT2D eigenvalue weighted by Gasteiger charge is -2.32. The highest BCUT2D eigenvalue weighted by Gasteiger charge is 2.19. The molecule has 0 N–H and O–H groups in total. The molecule has 0 aliphatic carbocycles. The first-order valence-corrected chi connectivity index (χ1v) is 9.17. The Bertz CT molecular complexity index is 630. The molecule has 0 amide bonds. The number of hydrogen-bond acceptors (Lipinski definition) is 2. The minimum absolute atomic E-state index is 0.785. The molecular weight excluding hydrogens is 294 g/mol. The van der Waals surface area contributed by atoms with Gasteiger partial charge in [0.25, 0.3) is 0 Å². The Balaban J connectivity index is 1.38. The number of piperidine rings is 1. The van der Waals surface area contributed by atoms with Crippen molar-refractivity contribution in [3.05, 3.63) is 65.2 Å². The number of likely N-dealkylation sites (tertiary alicyclic amines) is 1. The van der Waals surface area contributed by atoms with Crippen LogP contribution in [0.4, 0.5) is 0 Å². The van der Waals surface area contributed by atoms with E-state index in [0.717, 1.165) is 24.8 Å². The largest absolute Gasteiger partial charge is 0.492 e. The summed E-state index contributed by atoms with van der Waals surface area (Å²) in [6.07, 6.45) is 3.84. The van der Waals surface area contributed by atoms with Crippen molar-refractivity contribution in [3.8, 4) is 5.75 Å². The Hall–Kier alpha value is -1.80. The average molecular weight is 323 g/mol. The molecule has 0 atom stereocenters. The summed E-state index contributed by atoms with van der Waals surface area (Å²) >= 11 is 0. The van der Waals surface area contributed by atoms with Crippen LogP contribution < -0.4 is 4.74 Å². The molecule has 0 unspecified atom stereocenters. The molecule has 0 bridgehead atoms. The highest BCUT2D eigenvalue weighted by molar-refractivity contribution is 5.35. The van der Waals surface area contributed by atoms with Crippen LogP contribution in [0.1, 0.15) is 29.5 Å². The third-order valence-electron chi connectivity index (χ3n) is 5.07. The summed E-state index contributed by atoms with van der Waals surface area (Å²) in [7, 11) is 0. The number of rotatable bonds is 6. The minimum Gasteiger partial charge on any atom is -0.492 e. The molecule has 0 spiro atoms. The molecule has 0 saturated carbocycles. The molecule has 2 nitrogen and oxygen atoms in total. The Kier molecular flexibility index (Phi) is 5.92. The van der Waals surface area contributed by atoms with Crippen LogP contribution >= 0.6 is 0 Å². The normalized spacial score (nSPS) is 16.2. The highest BCUT2D eigenvalue weighted by atomic mass is 16.5. The van der Waals surface area contributed by atoms with Crippen LogP contribution in [0.25, 0.3) is 0 Å². The van der Waals surface area contributed by atoms with Crippen molar-refractivity contribution in [1.82, 2.24) is 4.90 Å². The second kappa shape index (κ2) is 8.34. The quantitative estimate of drug-likeness (QED) is 0.768. The van der Waals surface area contributed by atoms with E-state index in [1.807, 2.05) is 0 Å². The summed E-state index contributed by atoms with van der Waals surface area (Å²) in [5, 5.41) is 0. The molecule has 2 aromatic rings. The first-order valence-electron chi connectivity index (χ1n) is 9.17. The van der Waals surface area contributed by atoms with E-state index in [-0.39, 0.29) is 0 Å². The van der Waals surface area contributed by atoms with Gasteiger partial charge in [-0.2, -0.15) is 0 Å². The molecule has 1 fully saturated rings. The Morgan fingerprint density at radius 3 is 2.46 bits per heavy atom. The predicted molar refractivity (Wildman–Crippen MR) is 101 cm³/mol. The molecule has 1 saturated heterocycles. The van der Waals surface area contributed by atoms with Gasteiger partial charge in [-0.1, -0.05) is 48.0 Å². The number of ether oxygens (including phenoxy) is 1. The van der Waals surface area contributed by atoms with E-state index in [0.29, 0.717) is 0 Å². The van der Waals surface area contributed by atoms with Crippen molar-refractivity contribution >= 4 is 0 Å². The zero-order chi connectivity index (χ0) is 16.8. The van der Waals surface area contributed by atoms with Crippen LogP contribution in [0.15, 0.2) is 48.5 Å². The summed E-state index contributed by atoms with van der Waals surface area (Å²) in [5.41, 5.74) is 4.01. The molecular formula is C22H29NO. The van der Waals surface area contributed by atoms with Crippen LogP contribution in [0.2, 0.25) is 0 Å². The SMILES string of the molecule is Cc1ccc(OCCN2CCC(Cc3ccccc3)CC2)c(C)c1. The summed E-state index contributed by atoms with van der Waals surface area (Å²) in [4.78, 5) is 2.55. The van der Waals surface area contributed by atoms with Gasteiger partial charge in [-0.3, -0.25) is 4.90 Å². The number of nitrogens with zero attached hydrogens (tertiary/aromatic N) is 1. The van der Waals surface area contributed by atoms with Crippen molar-refractivity contribution in [2.24, 2.45) is 5.92 Å². The van der Waals surface area contributed by atoms with Crippen LogP contribution in [-0.4, -0.2) is 31.1 Å². The van der Waals surface area contributed by atoms with Gasteiger partial charge in [-0.15, -0.1) is 0 Å². The first kappa shape index (κ1) is 17.0. The molecule has 2 heteroatoms. The molecule has 1 aliphatic rings. The van der Waals surface area contributed by atoms with E-state index >= 15 is 0 Å². The van der Waals surface area contributed by atoms with Gasteiger partial charge in [-0.25, -0.2) is 0 Å². The summed E-state index contributed by atoms with van der Waals surface area (Å²) in [6.45, 7) is 8.47. The van der Waals surface area contributed by atoms with Gasteiger partial charge in [0.15, 0.2) is 0 Å². The summed E-state index contributed by atoms with van der Waals surface area (Å²) < 4.78 is 5.98. The molecule has 24 heavy (non-hydrogen) atoms. The monoisotopic (exact) mass is 323 g/mol. The molecule has 128 valence electrons. The molecule has 0 aromatic heterocycles. The maximum absolute atomic E-state index is 5.98. The fraction of sp³-hybridized carbons (Fsp3) is 0.455. The van der Waals surface area contributed by atoms with Gasteiger partial charge in [0.1, 0.15) is 12.4 Å². The average Bonchev–Trinajstić information content (AvgIpc) is 2.59. The van der Waals surface area contributed by atoms with Gasteiger partial charge >= 0.3 is 0 Å². The maximum atomic E-state index is 5.98. The predicted octanol–water partition coefficient (Wildman–Crippen LogP) is 4.64. The topological polar surface area (TPSA) is 12.5 Å². The molecule has 1 heterocycles. The van der Waals surface area contributed by atoms with Gasteiger partial charge in [0, 0.05) is 6.54 Å². The van der Waals surface area contributed by atoms with E-state index in [4.69, 9.17) is 4.74 Å². The van der Waals surface area contributed by atoms with Gasteiger partial charge in [0.05, 0.1) is 0 Å². The fourth-order valence-corrected chi connectivity index (χ4v) is 3.61. The maximum Gasteiger partial charge on any atom is 0.122 e. The third kappa shape index (κ3) is 4.85. The number of hydrogen-bond donors (Lipinski definition) is 0. The summed E-state index contributed by atoms with van der Waals surface area (Å²) in [5.74, 6) is 1.86. The Labute approximate surface area is 146 Å². The van der Waals surface area contributed by atoms with Crippen LogP contribution in [-0.2, 0) is 6.42 Å². The van der Waals surface area contributed by atoms with Crippen molar-refractivity contribution in [2.45, 2.75) is 33.1 Å². The molecule has 3 rings (SSSR count). The molecule has 0 radical (unpaired) electrons. The molecule has 2 aromatic carbocycles. The lowest BCUT2D eigenvalue weighted by atomic mass is 9.90. The van der Waals surface area contributed by atoms with Crippen LogP contribution in [0.5, 0.6) is 5.75 Å².